The van der Waals surface area contributed by atoms with E-state index in [1.54, 1.807) is 30.3 Å². The maximum atomic E-state index is 12.4. The van der Waals surface area contributed by atoms with E-state index >= 15 is 0 Å². The van der Waals surface area contributed by atoms with Crippen molar-refractivity contribution in [3.63, 3.8) is 0 Å². The van der Waals surface area contributed by atoms with E-state index in [9.17, 15) is 13.6 Å². The van der Waals surface area contributed by atoms with Crippen LogP contribution in [-0.4, -0.2) is 11.8 Å². The molecule has 0 fully saturated rings. The highest BCUT2D eigenvalue weighted by atomic mass is 19.3. The van der Waals surface area contributed by atoms with Crippen molar-refractivity contribution in [1.82, 2.24) is 0 Å². The molecular formula is C10H11F2NO. The molecule has 14 heavy (non-hydrogen) atoms. The lowest BCUT2D eigenvalue weighted by atomic mass is 10.2. The molecule has 0 aliphatic carbocycles. The van der Waals surface area contributed by atoms with Crippen LogP contribution < -0.4 is 5.32 Å². The zero-order valence-corrected chi connectivity index (χ0v) is 7.76. The van der Waals surface area contributed by atoms with Crippen molar-refractivity contribution in [3.8, 4) is 0 Å². The summed E-state index contributed by atoms with van der Waals surface area (Å²) < 4.78 is 24.8. The Bertz CT molecular complexity index is 306. The van der Waals surface area contributed by atoms with Gasteiger partial charge in [0.05, 0.1) is 6.42 Å². The third kappa shape index (κ3) is 3.98. The number of carbonyl (C=O) groups excluding carboxylic acids is 1. The standard InChI is InChI=1S/C10H11F2NO/c1-10(11,12)7-9(14)13-8-5-3-2-4-6-8/h2-6H,7H2,1H3,(H,13,14). The highest BCUT2D eigenvalue weighted by Crippen LogP contribution is 2.17. The van der Waals surface area contributed by atoms with E-state index < -0.39 is 18.3 Å². The fraction of sp³-hybridized carbons (Fsp3) is 0.300. The van der Waals surface area contributed by atoms with Crippen molar-refractivity contribution in [2.24, 2.45) is 0 Å². The number of carbonyl (C=O) groups is 1. The second kappa shape index (κ2) is 4.17. The number of amides is 1. The fourth-order valence-corrected chi connectivity index (χ4v) is 1.01. The number of anilines is 1. The molecule has 2 nitrogen and oxygen atoms in total. The van der Waals surface area contributed by atoms with Crippen molar-refractivity contribution < 1.29 is 13.6 Å². The summed E-state index contributed by atoms with van der Waals surface area (Å²) in [7, 11) is 0. The van der Waals surface area contributed by atoms with E-state index in [0.29, 0.717) is 5.69 Å². The lowest BCUT2D eigenvalue weighted by Gasteiger charge is -2.09. The Labute approximate surface area is 80.9 Å². The molecule has 0 bridgehead atoms. The topological polar surface area (TPSA) is 29.1 Å². The third-order valence-corrected chi connectivity index (χ3v) is 1.53. The van der Waals surface area contributed by atoms with Crippen LogP contribution in [0, 0.1) is 0 Å². The van der Waals surface area contributed by atoms with Gasteiger partial charge in [0.2, 0.25) is 5.91 Å². The van der Waals surface area contributed by atoms with Gasteiger partial charge in [-0.3, -0.25) is 4.79 Å². The van der Waals surface area contributed by atoms with Gasteiger partial charge in [-0.1, -0.05) is 18.2 Å². The first-order valence-corrected chi connectivity index (χ1v) is 4.20. The van der Waals surface area contributed by atoms with Crippen molar-refractivity contribution in [2.75, 3.05) is 5.32 Å². The number of halogens is 2. The molecule has 0 radical (unpaired) electrons. The summed E-state index contributed by atoms with van der Waals surface area (Å²) in [4.78, 5) is 11.0. The van der Waals surface area contributed by atoms with E-state index in [1.165, 1.54) is 0 Å². The minimum atomic E-state index is -2.96. The van der Waals surface area contributed by atoms with Crippen molar-refractivity contribution in [1.29, 1.82) is 0 Å². The largest absolute Gasteiger partial charge is 0.326 e. The van der Waals surface area contributed by atoms with Crippen LogP contribution in [0.3, 0.4) is 0 Å². The molecule has 1 amide bonds. The van der Waals surface area contributed by atoms with Crippen LogP contribution in [0.25, 0.3) is 0 Å². The van der Waals surface area contributed by atoms with Crippen LogP contribution in [0.1, 0.15) is 13.3 Å². The summed E-state index contributed by atoms with van der Waals surface area (Å²) in [5.41, 5.74) is 0.529. The highest BCUT2D eigenvalue weighted by Gasteiger charge is 2.25. The second-order valence-electron chi connectivity index (χ2n) is 3.16. The molecule has 0 saturated carbocycles. The molecule has 0 aromatic heterocycles. The van der Waals surface area contributed by atoms with Gasteiger partial charge in [0, 0.05) is 5.69 Å². The van der Waals surface area contributed by atoms with E-state index in [1.807, 2.05) is 0 Å². The quantitative estimate of drug-likeness (QED) is 0.796. The Morgan fingerprint density at radius 2 is 1.93 bits per heavy atom. The van der Waals surface area contributed by atoms with Crippen LogP contribution in [0.15, 0.2) is 30.3 Å². The Morgan fingerprint density at radius 3 is 2.43 bits per heavy atom. The molecule has 76 valence electrons. The number of nitrogens with one attached hydrogen (secondary N) is 1. The monoisotopic (exact) mass is 199 g/mol. The number of rotatable bonds is 3. The lowest BCUT2D eigenvalue weighted by Crippen LogP contribution is -2.22. The van der Waals surface area contributed by atoms with Crippen molar-refractivity contribution in [3.05, 3.63) is 30.3 Å². The van der Waals surface area contributed by atoms with Gasteiger partial charge in [0.25, 0.3) is 5.92 Å². The van der Waals surface area contributed by atoms with Gasteiger partial charge in [-0.2, -0.15) is 0 Å². The van der Waals surface area contributed by atoms with Gasteiger partial charge in [0.1, 0.15) is 0 Å². The third-order valence-electron chi connectivity index (χ3n) is 1.53. The number of para-hydroxylation sites is 1. The summed E-state index contributed by atoms with van der Waals surface area (Å²) in [6, 6.07) is 8.51. The maximum absolute atomic E-state index is 12.4. The minimum absolute atomic E-state index is 0.529. The van der Waals surface area contributed by atoms with Gasteiger partial charge in [-0.05, 0) is 19.1 Å². The summed E-state index contributed by atoms with van der Waals surface area (Å²) >= 11 is 0. The predicted octanol–water partition coefficient (Wildman–Crippen LogP) is 2.67. The van der Waals surface area contributed by atoms with Crippen LogP contribution in [0.5, 0.6) is 0 Å². The molecule has 0 unspecified atom stereocenters. The molecule has 0 aliphatic heterocycles. The summed E-state index contributed by atoms with van der Waals surface area (Å²) in [6.45, 7) is 0.720. The molecule has 1 aromatic rings. The minimum Gasteiger partial charge on any atom is -0.326 e. The van der Waals surface area contributed by atoms with Crippen LogP contribution >= 0.6 is 0 Å². The van der Waals surface area contributed by atoms with E-state index in [2.05, 4.69) is 5.32 Å². The summed E-state index contributed by atoms with van der Waals surface area (Å²) in [5.74, 6) is -3.64. The van der Waals surface area contributed by atoms with Crippen molar-refractivity contribution >= 4 is 11.6 Å². The van der Waals surface area contributed by atoms with E-state index in [4.69, 9.17) is 0 Å². The SMILES string of the molecule is CC(F)(F)CC(=O)Nc1ccccc1. The molecule has 0 spiro atoms. The number of hydrogen-bond donors (Lipinski definition) is 1. The van der Waals surface area contributed by atoms with Crippen molar-refractivity contribution in [2.45, 2.75) is 19.3 Å². The Hall–Kier alpha value is -1.45. The fourth-order valence-electron chi connectivity index (χ4n) is 1.01. The first kappa shape index (κ1) is 10.6. The Morgan fingerprint density at radius 1 is 1.36 bits per heavy atom. The first-order chi connectivity index (χ1) is 6.47. The maximum Gasteiger partial charge on any atom is 0.254 e. The van der Waals surface area contributed by atoms with E-state index in [-0.39, 0.29) is 0 Å². The van der Waals surface area contributed by atoms with Gasteiger partial charge in [-0.15, -0.1) is 0 Å². The molecule has 1 N–H and O–H groups in total. The summed E-state index contributed by atoms with van der Waals surface area (Å²) in [5, 5.41) is 2.38. The van der Waals surface area contributed by atoms with Crippen LogP contribution in [0.2, 0.25) is 0 Å². The molecule has 4 heteroatoms. The number of alkyl halides is 2. The molecule has 1 aromatic carbocycles. The molecule has 0 heterocycles. The normalized spacial score (nSPS) is 11.1. The second-order valence-corrected chi connectivity index (χ2v) is 3.16. The van der Waals surface area contributed by atoms with Gasteiger partial charge in [0.15, 0.2) is 0 Å². The van der Waals surface area contributed by atoms with Gasteiger partial charge >= 0.3 is 0 Å². The van der Waals surface area contributed by atoms with Crippen LogP contribution in [0.4, 0.5) is 14.5 Å². The zero-order valence-electron chi connectivity index (χ0n) is 7.76. The number of benzene rings is 1. The van der Waals surface area contributed by atoms with Gasteiger partial charge < -0.3 is 5.32 Å². The Balaban J connectivity index is 2.50. The molecule has 0 saturated heterocycles. The zero-order chi connectivity index (χ0) is 10.6. The molecule has 0 aliphatic rings. The van der Waals surface area contributed by atoms with Crippen LogP contribution in [-0.2, 0) is 4.79 Å². The Kier molecular flexibility index (Phi) is 3.17. The van der Waals surface area contributed by atoms with Gasteiger partial charge in [-0.25, -0.2) is 8.78 Å². The smallest absolute Gasteiger partial charge is 0.254 e. The molecule has 1 rings (SSSR count). The summed E-state index contributed by atoms with van der Waals surface area (Å²) in [6.07, 6.45) is -0.790. The molecular weight excluding hydrogens is 188 g/mol. The molecule has 0 atom stereocenters. The lowest BCUT2D eigenvalue weighted by molar-refractivity contribution is -0.122. The average molecular weight is 199 g/mol. The highest BCUT2D eigenvalue weighted by molar-refractivity contribution is 5.91. The first-order valence-electron chi connectivity index (χ1n) is 4.20. The average Bonchev–Trinajstić information content (AvgIpc) is 2.02. The number of hydrogen-bond acceptors (Lipinski definition) is 1. The predicted molar refractivity (Wildman–Crippen MR) is 50.3 cm³/mol. The van der Waals surface area contributed by atoms with E-state index in [0.717, 1.165) is 6.92 Å².